The monoisotopic (exact) mass is 340 g/mol. The van der Waals surface area contributed by atoms with E-state index >= 15 is 0 Å². The van der Waals surface area contributed by atoms with Crippen LogP contribution in [0.5, 0.6) is 5.75 Å². The van der Waals surface area contributed by atoms with Crippen LogP contribution in [0.15, 0.2) is 29.3 Å². The van der Waals surface area contributed by atoms with E-state index in [-0.39, 0.29) is 28.7 Å². The van der Waals surface area contributed by atoms with Crippen LogP contribution in [0.3, 0.4) is 0 Å². The number of ether oxygens (including phenoxy) is 1. The molecule has 1 aromatic carbocycles. The minimum atomic E-state index is -3.06. The highest BCUT2D eigenvalue weighted by Gasteiger charge is 2.49. The Morgan fingerprint density at radius 3 is 2.77 bits per heavy atom. The quantitative estimate of drug-likeness (QED) is 0.808. The Balaban J connectivity index is 2.08. The van der Waals surface area contributed by atoms with Gasteiger partial charge in [0.1, 0.15) is 5.75 Å². The number of hydrogen-bond acceptors (Lipinski definition) is 5. The molecule has 6 nitrogen and oxygen atoms in total. The molecule has 2 fully saturated rings. The highest BCUT2D eigenvalue weighted by atomic mass is 32.2. The number of nitrogens with zero attached hydrogens (tertiary/aromatic N) is 2. The van der Waals surface area contributed by atoms with Crippen molar-refractivity contribution >= 4 is 38.4 Å². The minimum absolute atomic E-state index is 0.0691. The molecule has 118 valence electrons. The number of rotatable bonds is 2. The number of carbonyl (C=O) groups is 1. The molecule has 2 saturated heterocycles. The van der Waals surface area contributed by atoms with Gasteiger partial charge >= 0.3 is 0 Å². The van der Waals surface area contributed by atoms with Crippen LogP contribution in [0.1, 0.15) is 6.92 Å². The summed E-state index contributed by atoms with van der Waals surface area (Å²) in [6.07, 6.45) is 0. The van der Waals surface area contributed by atoms with Crippen LogP contribution in [0.2, 0.25) is 0 Å². The van der Waals surface area contributed by atoms with Crippen molar-refractivity contribution in [1.82, 2.24) is 0 Å². The fraction of sp³-hybridized carbons (Fsp3) is 0.429. The molecule has 0 saturated carbocycles. The Kier molecular flexibility index (Phi) is 3.90. The van der Waals surface area contributed by atoms with E-state index in [1.165, 1.54) is 18.7 Å². The predicted molar refractivity (Wildman–Crippen MR) is 87.4 cm³/mol. The van der Waals surface area contributed by atoms with Crippen LogP contribution >= 0.6 is 11.8 Å². The van der Waals surface area contributed by atoms with Crippen LogP contribution in [0, 0.1) is 0 Å². The third-order valence-corrected chi connectivity index (χ3v) is 6.87. The van der Waals surface area contributed by atoms with Gasteiger partial charge in [-0.05, 0) is 12.1 Å². The Hall–Kier alpha value is -1.54. The highest BCUT2D eigenvalue weighted by Crippen LogP contribution is 2.43. The Labute approximate surface area is 133 Å². The number of amides is 1. The second-order valence-electron chi connectivity index (χ2n) is 5.26. The zero-order chi connectivity index (χ0) is 15.9. The first-order valence-electron chi connectivity index (χ1n) is 6.80. The summed E-state index contributed by atoms with van der Waals surface area (Å²) in [7, 11) is -1.50. The van der Waals surface area contributed by atoms with Crippen molar-refractivity contribution in [1.29, 1.82) is 0 Å². The predicted octanol–water partition coefficient (Wildman–Crippen LogP) is 1.32. The van der Waals surface area contributed by atoms with Crippen molar-refractivity contribution < 1.29 is 17.9 Å². The van der Waals surface area contributed by atoms with E-state index in [0.717, 1.165) is 5.69 Å². The summed E-state index contributed by atoms with van der Waals surface area (Å²) in [4.78, 5) is 17.3. The van der Waals surface area contributed by atoms with Crippen LogP contribution in [0.4, 0.5) is 5.69 Å². The molecule has 2 aliphatic heterocycles. The lowest BCUT2D eigenvalue weighted by Gasteiger charge is -2.26. The molecule has 3 rings (SSSR count). The van der Waals surface area contributed by atoms with E-state index in [2.05, 4.69) is 4.99 Å². The van der Waals surface area contributed by atoms with E-state index < -0.39 is 9.84 Å². The average Bonchev–Trinajstić information content (AvgIpc) is 2.89. The van der Waals surface area contributed by atoms with Crippen molar-refractivity contribution in [2.75, 3.05) is 23.5 Å². The first-order chi connectivity index (χ1) is 10.4. The van der Waals surface area contributed by atoms with Crippen molar-refractivity contribution in [3.05, 3.63) is 24.3 Å². The average molecular weight is 340 g/mol. The number of fused-ring (bicyclic) bond motifs is 1. The summed E-state index contributed by atoms with van der Waals surface area (Å²) < 4.78 is 29.2. The SMILES string of the molecule is COc1ccccc1N1C(=NC(C)=O)SC2CS(=O)(=O)CC21. The highest BCUT2D eigenvalue weighted by molar-refractivity contribution is 8.16. The van der Waals surface area contributed by atoms with Crippen LogP contribution in [-0.4, -0.2) is 49.4 Å². The van der Waals surface area contributed by atoms with Gasteiger partial charge in [-0.1, -0.05) is 23.9 Å². The van der Waals surface area contributed by atoms with Gasteiger partial charge < -0.3 is 9.64 Å². The molecule has 22 heavy (non-hydrogen) atoms. The zero-order valence-electron chi connectivity index (χ0n) is 12.2. The third kappa shape index (κ3) is 2.72. The molecule has 0 aromatic heterocycles. The molecular formula is C14H16N2O4S2. The smallest absolute Gasteiger partial charge is 0.244 e. The molecule has 0 radical (unpaired) electrons. The molecule has 1 amide bonds. The molecule has 0 bridgehead atoms. The molecule has 2 heterocycles. The molecule has 0 aliphatic carbocycles. The number of methoxy groups -OCH3 is 1. The summed E-state index contributed by atoms with van der Waals surface area (Å²) in [5.41, 5.74) is 0.738. The van der Waals surface area contributed by atoms with Gasteiger partial charge in [0.2, 0.25) is 5.91 Å². The molecule has 2 atom stereocenters. The van der Waals surface area contributed by atoms with Crippen LogP contribution in [-0.2, 0) is 14.6 Å². The molecule has 0 spiro atoms. The lowest BCUT2D eigenvalue weighted by Crippen LogP contribution is -2.37. The number of anilines is 1. The molecular weight excluding hydrogens is 324 g/mol. The maximum Gasteiger partial charge on any atom is 0.244 e. The minimum Gasteiger partial charge on any atom is -0.495 e. The van der Waals surface area contributed by atoms with Gasteiger partial charge in [0.15, 0.2) is 15.0 Å². The van der Waals surface area contributed by atoms with Crippen LogP contribution < -0.4 is 9.64 Å². The first kappa shape index (κ1) is 15.4. The van der Waals surface area contributed by atoms with E-state index in [1.54, 1.807) is 7.11 Å². The summed E-state index contributed by atoms with van der Waals surface area (Å²) in [6.45, 7) is 1.39. The molecule has 0 N–H and O–H groups in total. The topological polar surface area (TPSA) is 76.0 Å². The van der Waals surface area contributed by atoms with Gasteiger partial charge in [0.05, 0.1) is 30.3 Å². The Morgan fingerprint density at radius 1 is 1.36 bits per heavy atom. The number of hydrogen-bond donors (Lipinski definition) is 0. The van der Waals surface area contributed by atoms with Crippen molar-refractivity contribution in [3.63, 3.8) is 0 Å². The summed E-state index contributed by atoms with van der Waals surface area (Å²) >= 11 is 1.35. The lowest BCUT2D eigenvalue weighted by atomic mass is 10.2. The van der Waals surface area contributed by atoms with Gasteiger partial charge in [0, 0.05) is 12.2 Å². The second kappa shape index (κ2) is 5.58. The van der Waals surface area contributed by atoms with E-state index in [4.69, 9.17) is 4.74 Å². The van der Waals surface area contributed by atoms with Gasteiger partial charge in [-0.25, -0.2) is 8.42 Å². The number of para-hydroxylation sites is 2. The summed E-state index contributed by atoms with van der Waals surface area (Å²) in [5.74, 6) is 0.513. The first-order valence-corrected chi connectivity index (χ1v) is 9.50. The van der Waals surface area contributed by atoms with E-state index in [1.807, 2.05) is 29.2 Å². The molecule has 2 aliphatic rings. The largest absolute Gasteiger partial charge is 0.495 e. The fourth-order valence-corrected chi connectivity index (χ4v) is 6.76. The number of sulfone groups is 1. The summed E-state index contributed by atoms with van der Waals surface area (Å²) in [6, 6.07) is 7.13. The Bertz CT molecular complexity index is 745. The zero-order valence-corrected chi connectivity index (χ0v) is 13.9. The Morgan fingerprint density at radius 2 is 2.09 bits per heavy atom. The van der Waals surface area contributed by atoms with E-state index in [9.17, 15) is 13.2 Å². The maximum atomic E-state index is 11.9. The second-order valence-corrected chi connectivity index (χ2v) is 8.62. The maximum absolute atomic E-state index is 11.9. The van der Waals surface area contributed by atoms with Crippen molar-refractivity contribution in [2.45, 2.75) is 18.2 Å². The summed E-state index contributed by atoms with van der Waals surface area (Å²) in [5, 5.41) is 0.440. The molecule has 8 heteroatoms. The van der Waals surface area contributed by atoms with Crippen molar-refractivity contribution in [3.8, 4) is 5.75 Å². The number of benzene rings is 1. The number of aliphatic imine (C=N–C) groups is 1. The molecule has 2 unspecified atom stereocenters. The van der Waals surface area contributed by atoms with E-state index in [0.29, 0.717) is 10.9 Å². The van der Waals surface area contributed by atoms with Gasteiger partial charge in [0.25, 0.3) is 0 Å². The van der Waals surface area contributed by atoms with Gasteiger partial charge in [-0.15, -0.1) is 0 Å². The standard InChI is InChI=1S/C14H16N2O4S2/c1-9(17)15-14-16(10-5-3-4-6-12(10)20-2)11-7-22(18,19)8-13(11)21-14/h3-6,11,13H,7-8H2,1-2H3. The van der Waals surface area contributed by atoms with Crippen LogP contribution in [0.25, 0.3) is 0 Å². The van der Waals surface area contributed by atoms with Gasteiger partial charge in [-0.3, -0.25) is 4.79 Å². The van der Waals surface area contributed by atoms with Crippen molar-refractivity contribution in [2.24, 2.45) is 4.99 Å². The lowest BCUT2D eigenvalue weighted by molar-refractivity contribution is -0.115. The molecule has 1 aromatic rings. The normalized spacial score (nSPS) is 27.9. The fourth-order valence-electron chi connectivity index (χ4n) is 2.81. The number of carbonyl (C=O) groups excluding carboxylic acids is 1. The van der Waals surface area contributed by atoms with Gasteiger partial charge in [-0.2, -0.15) is 4.99 Å². The number of amidine groups is 1. The third-order valence-electron chi connectivity index (χ3n) is 3.66. The number of thioether (sulfide) groups is 1.